The van der Waals surface area contributed by atoms with Crippen LogP contribution < -0.4 is 5.32 Å². The monoisotopic (exact) mass is 274 g/mol. The molecule has 0 atom stereocenters. The summed E-state index contributed by atoms with van der Waals surface area (Å²) < 4.78 is 0. The lowest BCUT2D eigenvalue weighted by Gasteiger charge is -1.96. The van der Waals surface area contributed by atoms with Gasteiger partial charge in [-0.2, -0.15) is 0 Å². The van der Waals surface area contributed by atoms with Crippen molar-refractivity contribution < 1.29 is 4.79 Å². The fourth-order valence-electron chi connectivity index (χ4n) is 2.84. The van der Waals surface area contributed by atoms with E-state index in [0.29, 0.717) is 5.57 Å². The maximum atomic E-state index is 12.1. The first-order valence-corrected chi connectivity index (χ1v) is 6.93. The van der Waals surface area contributed by atoms with Crippen LogP contribution in [0.1, 0.15) is 16.8 Å². The molecule has 3 nitrogen and oxygen atoms in total. The number of H-pyrrole nitrogens is 1. The molecule has 1 aromatic heterocycles. The highest BCUT2D eigenvalue weighted by atomic mass is 16.2. The van der Waals surface area contributed by atoms with Gasteiger partial charge in [-0.1, -0.05) is 36.4 Å². The minimum absolute atomic E-state index is 0.0495. The Balaban J connectivity index is 1.87. The maximum Gasteiger partial charge on any atom is 0.256 e. The smallest absolute Gasteiger partial charge is 0.256 e. The summed E-state index contributed by atoms with van der Waals surface area (Å²) in [5.74, 6) is -0.0495. The van der Waals surface area contributed by atoms with Gasteiger partial charge in [-0.3, -0.25) is 4.79 Å². The Labute approximate surface area is 122 Å². The second-order valence-electron chi connectivity index (χ2n) is 5.32. The molecule has 4 rings (SSSR count). The van der Waals surface area contributed by atoms with Gasteiger partial charge in [0, 0.05) is 27.8 Å². The van der Waals surface area contributed by atoms with Crippen LogP contribution in [0.5, 0.6) is 0 Å². The van der Waals surface area contributed by atoms with Crippen molar-refractivity contribution in [2.75, 3.05) is 5.32 Å². The van der Waals surface area contributed by atoms with Crippen molar-refractivity contribution in [3.63, 3.8) is 0 Å². The molecular weight excluding hydrogens is 260 g/mol. The molecule has 0 fully saturated rings. The Bertz CT molecular complexity index is 902. The van der Waals surface area contributed by atoms with E-state index < -0.39 is 0 Å². The summed E-state index contributed by atoms with van der Waals surface area (Å²) in [5.41, 5.74) is 5.80. The number of benzene rings is 2. The third kappa shape index (κ3) is 1.86. The quantitative estimate of drug-likeness (QED) is 0.648. The summed E-state index contributed by atoms with van der Waals surface area (Å²) in [6.07, 6.45) is 1.92. The van der Waals surface area contributed by atoms with Crippen molar-refractivity contribution in [3.05, 3.63) is 65.4 Å². The lowest BCUT2D eigenvalue weighted by molar-refractivity contribution is -0.110. The highest BCUT2D eigenvalue weighted by Crippen LogP contribution is 2.33. The van der Waals surface area contributed by atoms with Crippen molar-refractivity contribution in [1.82, 2.24) is 4.98 Å². The second kappa shape index (κ2) is 4.35. The lowest BCUT2D eigenvalue weighted by atomic mass is 10.1. The Morgan fingerprint density at radius 1 is 1.05 bits per heavy atom. The molecule has 102 valence electrons. The minimum atomic E-state index is -0.0495. The standard InChI is InChI=1S/C18H14N2O/c1-11-5-4-6-12-9-13(19-17(11)12)10-15-14-7-2-3-8-16(14)20-18(15)21/h2-10,19H,1H3,(H,20,21)/b15-10-. The number of carbonyl (C=O) groups is 1. The van der Waals surface area contributed by atoms with Crippen LogP contribution in [0.25, 0.3) is 22.6 Å². The van der Waals surface area contributed by atoms with Gasteiger partial charge in [0.1, 0.15) is 0 Å². The Kier molecular flexibility index (Phi) is 2.48. The van der Waals surface area contributed by atoms with Crippen molar-refractivity contribution >= 4 is 34.1 Å². The van der Waals surface area contributed by atoms with E-state index in [1.165, 1.54) is 5.56 Å². The number of para-hydroxylation sites is 2. The number of carbonyl (C=O) groups excluding carboxylic acids is 1. The van der Waals surface area contributed by atoms with Crippen LogP contribution in [0.3, 0.4) is 0 Å². The molecule has 0 aliphatic carbocycles. The van der Waals surface area contributed by atoms with E-state index in [9.17, 15) is 4.79 Å². The van der Waals surface area contributed by atoms with Gasteiger partial charge in [-0.25, -0.2) is 0 Å². The fraction of sp³-hybridized carbons (Fsp3) is 0.0556. The highest BCUT2D eigenvalue weighted by Gasteiger charge is 2.23. The summed E-state index contributed by atoms with van der Waals surface area (Å²) in [7, 11) is 0. The molecule has 0 saturated heterocycles. The molecule has 2 heterocycles. The molecule has 21 heavy (non-hydrogen) atoms. The summed E-state index contributed by atoms with van der Waals surface area (Å²) in [5, 5.41) is 4.05. The van der Waals surface area contributed by atoms with E-state index >= 15 is 0 Å². The van der Waals surface area contributed by atoms with Crippen LogP contribution in [-0.4, -0.2) is 10.9 Å². The first kappa shape index (κ1) is 12.0. The number of anilines is 1. The first-order valence-electron chi connectivity index (χ1n) is 6.93. The van der Waals surface area contributed by atoms with E-state index in [2.05, 4.69) is 35.4 Å². The second-order valence-corrected chi connectivity index (χ2v) is 5.32. The third-order valence-corrected chi connectivity index (χ3v) is 3.90. The number of amides is 1. The summed E-state index contributed by atoms with van der Waals surface area (Å²) >= 11 is 0. The van der Waals surface area contributed by atoms with Crippen molar-refractivity contribution in [2.24, 2.45) is 0 Å². The number of fused-ring (bicyclic) bond motifs is 2. The van der Waals surface area contributed by atoms with Gasteiger partial charge >= 0.3 is 0 Å². The van der Waals surface area contributed by atoms with Crippen molar-refractivity contribution in [2.45, 2.75) is 6.92 Å². The maximum absolute atomic E-state index is 12.1. The number of rotatable bonds is 1. The number of nitrogens with one attached hydrogen (secondary N) is 2. The predicted octanol–water partition coefficient (Wildman–Crippen LogP) is 3.97. The van der Waals surface area contributed by atoms with Gasteiger partial charge in [-0.15, -0.1) is 0 Å². The average molecular weight is 274 g/mol. The van der Waals surface area contributed by atoms with Crippen LogP contribution in [0.15, 0.2) is 48.5 Å². The molecule has 0 radical (unpaired) electrons. The SMILES string of the molecule is Cc1cccc2cc(/C=C3\C(=O)Nc4ccccc43)[nH]c12. The molecule has 0 bridgehead atoms. The summed E-state index contributed by atoms with van der Waals surface area (Å²) in [6.45, 7) is 2.08. The topological polar surface area (TPSA) is 44.9 Å². The van der Waals surface area contributed by atoms with Gasteiger partial charge in [-0.05, 0) is 30.7 Å². The van der Waals surface area contributed by atoms with Crippen LogP contribution in [0, 0.1) is 6.92 Å². The summed E-state index contributed by atoms with van der Waals surface area (Å²) in [6, 6.07) is 16.0. The zero-order valence-electron chi connectivity index (χ0n) is 11.6. The molecule has 0 saturated carbocycles. The average Bonchev–Trinajstić information content (AvgIpc) is 3.02. The number of aromatic amines is 1. The number of hydrogen-bond acceptors (Lipinski definition) is 1. The normalized spacial score (nSPS) is 15.5. The van der Waals surface area contributed by atoms with Crippen molar-refractivity contribution in [1.29, 1.82) is 0 Å². The number of aromatic nitrogens is 1. The van der Waals surface area contributed by atoms with Crippen LogP contribution in [0.2, 0.25) is 0 Å². The lowest BCUT2D eigenvalue weighted by Crippen LogP contribution is -2.03. The van der Waals surface area contributed by atoms with E-state index in [-0.39, 0.29) is 5.91 Å². The van der Waals surface area contributed by atoms with Crippen molar-refractivity contribution in [3.8, 4) is 0 Å². The Morgan fingerprint density at radius 3 is 2.76 bits per heavy atom. The Morgan fingerprint density at radius 2 is 1.90 bits per heavy atom. The van der Waals surface area contributed by atoms with Gasteiger partial charge in [0.25, 0.3) is 5.91 Å². The van der Waals surface area contributed by atoms with Gasteiger partial charge in [0.15, 0.2) is 0 Å². The summed E-state index contributed by atoms with van der Waals surface area (Å²) in [4.78, 5) is 15.5. The molecule has 1 aliphatic rings. The Hall–Kier alpha value is -2.81. The molecule has 1 aliphatic heterocycles. The van der Waals surface area contributed by atoms with E-state index in [0.717, 1.165) is 27.8 Å². The minimum Gasteiger partial charge on any atom is -0.355 e. The van der Waals surface area contributed by atoms with Crippen LogP contribution in [0.4, 0.5) is 5.69 Å². The van der Waals surface area contributed by atoms with E-state index in [1.807, 2.05) is 36.4 Å². The molecule has 1 amide bonds. The first-order chi connectivity index (χ1) is 10.2. The zero-order chi connectivity index (χ0) is 14.4. The zero-order valence-corrected chi connectivity index (χ0v) is 11.6. The van der Waals surface area contributed by atoms with Crippen LogP contribution >= 0.6 is 0 Å². The molecule has 2 N–H and O–H groups in total. The van der Waals surface area contributed by atoms with Gasteiger partial charge in [0.2, 0.25) is 0 Å². The largest absolute Gasteiger partial charge is 0.355 e. The van der Waals surface area contributed by atoms with Gasteiger partial charge < -0.3 is 10.3 Å². The highest BCUT2D eigenvalue weighted by molar-refractivity contribution is 6.34. The number of hydrogen-bond donors (Lipinski definition) is 2. The molecule has 3 heteroatoms. The van der Waals surface area contributed by atoms with Gasteiger partial charge in [0.05, 0.1) is 5.57 Å². The molecule has 0 unspecified atom stereocenters. The molecule has 3 aromatic rings. The number of aryl methyl sites for hydroxylation is 1. The predicted molar refractivity (Wildman–Crippen MR) is 86.0 cm³/mol. The molecule has 0 spiro atoms. The third-order valence-electron chi connectivity index (χ3n) is 3.90. The fourth-order valence-corrected chi connectivity index (χ4v) is 2.84. The van der Waals surface area contributed by atoms with Crippen LogP contribution in [-0.2, 0) is 4.79 Å². The molecule has 2 aromatic carbocycles. The molecular formula is C18H14N2O. The van der Waals surface area contributed by atoms with E-state index in [1.54, 1.807) is 0 Å². The van der Waals surface area contributed by atoms with E-state index in [4.69, 9.17) is 0 Å².